The van der Waals surface area contributed by atoms with Gasteiger partial charge in [0.05, 0.1) is 33.3 Å². The van der Waals surface area contributed by atoms with E-state index in [1.807, 2.05) is 24.6 Å². The van der Waals surface area contributed by atoms with Crippen molar-refractivity contribution in [2.24, 2.45) is 11.8 Å². The average Bonchev–Trinajstić information content (AvgIpc) is 3.16. The lowest BCUT2D eigenvalue weighted by Crippen LogP contribution is -2.19. The van der Waals surface area contributed by atoms with Crippen molar-refractivity contribution in [3.05, 3.63) is 40.7 Å². The normalized spacial score (nSPS) is 22.4. The highest BCUT2D eigenvalue weighted by Gasteiger charge is 2.34. The van der Waals surface area contributed by atoms with E-state index >= 15 is 0 Å². The fraction of sp³-hybridized carbons (Fsp3) is 0.458. The third-order valence-electron chi connectivity index (χ3n) is 6.66. The molecule has 0 amide bonds. The van der Waals surface area contributed by atoms with Gasteiger partial charge in [0.2, 0.25) is 5.95 Å². The topological polar surface area (TPSA) is 109 Å². The minimum atomic E-state index is -0.353. The third-order valence-corrected chi connectivity index (χ3v) is 8.51. The first-order chi connectivity index (χ1) is 16.6. The van der Waals surface area contributed by atoms with E-state index in [4.69, 9.17) is 15.0 Å². The number of aliphatic hydroxyl groups is 1. The number of anilines is 2. The summed E-state index contributed by atoms with van der Waals surface area (Å²) in [5.74, 6) is 2.35. The molecule has 10 heteroatoms. The van der Waals surface area contributed by atoms with Crippen molar-refractivity contribution in [2.75, 3.05) is 17.2 Å². The summed E-state index contributed by atoms with van der Waals surface area (Å²) in [5.41, 5.74) is 2.69. The molecule has 0 radical (unpaired) electrons. The molecule has 176 valence electrons. The van der Waals surface area contributed by atoms with Crippen LogP contribution in [0.15, 0.2) is 30.0 Å². The number of rotatable bonds is 8. The fourth-order valence-electron chi connectivity index (χ4n) is 4.67. The van der Waals surface area contributed by atoms with Gasteiger partial charge in [-0.05, 0) is 50.5 Å². The molecule has 2 aliphatic carbocycles. The third kappa shape index (κ3) is 4.62. The number of aliphatic hydroxyl groups excluding tert-OH is 1. The summed E-state index contributed by atoms with van der Waals surface area (Å²) >= 11 is 3.28. The average molecular weight is 494 g/mol. The molecule has 4 aromatic rings. The summed E-state index contributed by atoms with van der Waals surface area (Å²) in [7, 11) is 0. The zero-order chi connectivity index (χ0) is 23.1. The molecule has 0 bridgehead atoms. The van der Waals surface area contributed by atoms with E-state index in [0.717, 1.165) is 62.6 Å². The molecule has 2 aliphatic rings. The van der Waals surface area contributed by atoms with E-state index in [1.165, 1.54) is 12.8 Å². The van der Waals surface area contributed by atoms with Gasteiger partial charge < -0.3 is 15.7 Å². The van der Waals surface area contributed by atoms with Crippen LogP contribution in [0.25, 0.3) is 20.8 Å². The number of nitrogens with zero attached hydrogens (tertiary/aromatic N) is 5. The van der Waals surface area contributed by atoms with Crippen molar-refractivity contribution < 1.29 is 5.11 Å². The minimum absolute atomic E-state index is 0.125. The van der Waals surface area contributed by atoms with Gasteiger partial charge >= 0.3 is 0 Å². The second-order valence-electron chi connectivity index (χ2n) is 9.31. The lowest BCUT2D eigenvalue weighted by molar-refractivity contribution is 0.132. The molecule has 8 nitrogen and oxygen atoms in total. The van der Waals surface area contributed by atoms with Crippen molar-refractivity contribution in [1.82, 2.24) is 24.9 Å². The summed E-state index contributed by atoms with van der Waals surface area (Å²) in [6.07, 6.45) is 9.98. The van der Waals surface area contributed by atoms with E-state index < -0.39 is 0 Å². The largest absolute Gasteiger partial charge is 0.393 e. The highest BCUT2D eigenvalue weighted by molar-refractivity contribution is 7.21. The molecule has 34 heavy (non-hydrogen) atoms. The predicted molar refractivity (Wildman–Crippen MR) is 136 cm³/mol. The summed E-state index contributed by atoms with van der Waals surface area (Å²) in [6, 6.07) is 2.11. The first-order valence-corrected chi connectivity index (χ1v) is 13.5. The summed E-state index contributed by atoms with van der Waals surface area (Å²) in [6.45, 7) is 2.92. The zero-order valence-corrected chi connectivity index (χ0v) is 20.6. The Bertz CT molecular complexity index is 1250. The summed E-state index contributed by atoms with van der Waals surface area (Å²) < 4.78 is 1.09. The number of aromatic nitrogens is 5. The highest BCUT2D eigenvalue weighted by Crippen LogP contribution is 2.38. The van der Waals surface area contributed by atoms with E-state index in [9.17, 15) is 5.11 Å². The molecule has 2 saturated carbocycles. The summed E-state index contributed by atoms with van der Waals surface area (Å²) in [4.78, 5) is 23.1. The van der Waals surface area contributed by atoms with Crippen molar-refractivity contribution >= 4 is 44.7 Å². The van der Waals surface area contributed by atoms with Gasteiger partial charge in [0, 0.05) is 36.8 Å². The van der Waals surface area contributed by atoms with Gasteiger partial charge in [-0.2, -0.15) is 4.98 Å². The molecule has 0 spiro atoms. The predicted octanol–water partition coefficient (Wildman–Crippen LogP) is 4.53. The zero-order valence-electron chi connectivity index (χ0n) is 18.9. The maximum absolute atomic E-state index is 10.8. The van der Waals surface area contributed by atoms with Crippen LogP contribution in [-0.4, -0.2) is 48.7 Å². The van der Waals surface area contributed by atoms with Gasteiger partial charge in [-0.1, -0.05) is 0 Å². The van der Waals surface area contributed by atoms with Crippen molar-refractivity contribution in [2.45, 2.75) is 51.2 Å². The maximum Gasteiger partial charge on any atom is 0.224 e. The van der Waals surface area contributed by atoms with Crippen LogP contribution in [0, 0.1) is 18.8 Å². The number of thiazole rings is 2. The summed E-state index contributed by atoms with van der Waals surface area (Å²) in [5, 5.41) is 21.8. The van der Waals surface area contributed by atoms with Gasteiger partial charge in [-0.3, -0.25) is 4.98 Å². The Morgan fingerprint density at radius 3 is 2.85 bits per heavy atom. The first kappa shape index (κ1) is 21.8. The second kappa shape index (κ2) is 9.16. The molecular formula is C24H27N7OS2. The molecule has 3 N–H and O–H groups in total. The van der Waals surface area contributed by atoms with Gasteiger partial charge in [-0.15, -0.1) is 22.7 Å². The SMILES string of the molecule is Cc1nc(NCC2CC2)nc(NC2CC(O)C(Cc3nccs3)C2)c1-c1nc2cnccc2s1. The number of pyridine rings is 1. The van der Waals surface area contributed by atoms with E-state index in [1.54, 1.807) is 35.1 Å². The molecular weight excluding hydrogens is 466 g/mol. The first-order valence-electron chi connectivity index (χ1n) is 11.8. The smallest absolute Gasteiger partial charge is 0.224 e. The lowest BCUT2D eigenvalue weighted by atomic mass is 10.0. The van der Waals surface area contributed by atoms with Crippen LogP contribution in [-0.2, 0) is 6.42 Å². The van der Waals surface area contributed by atoms with Gasteiger partial charge in [0.1, 0.15) is 16.3 Å². The Hall–Kier alpha value is -2.69. The molecule has 0 aliphatic heterocycles. The van der Waals surface area contributed by atoms with E-state index in [-0.39, 0.29) is 18.1 Å². The van der Waals surface area contributed by atoms with Crippen LogP contribution in [0.2, 0.25) is 0 Å². The van der Waals surface area contributed by atoms with Crippen molar-refractivity contribution in [3.63, 3.8) is 0 Å². The molecule has 3 unspecified atom stereocenters. The van der Waals surface area contributed by atoms with Crippen LogP contribution in [0.4, 0.5) is 11.8 Å². The van der Waals surface area contributed by atoms with Gasteiger partial charge in [-0.25, -0.2) is 15.0 Å². The van der Waals surface area contributed by atoms with Crippen LogP contribution in [0.3, 0.4) is 0 Å². The Morgan fingerprint density at radius 1 is 1.15 bits per heavy atom. The monoisotopic (exact) mass is 493 g/mol. The molecule has 6 rings (SSSR count). The van der Waals surface area contributed by atoms with Crippen LogP contribution in [0.5, 0.6) is 0 Å². The number of nitrogens with one attached hydrogen (secondary N) is 2. The number of fused-ring (bicyclic) bond motifs is 1. The lowest BCUT2D eigenvalue weighted by Gasteiger charge is -2.18. The van der Waals surface area contributed by atoms with E-state index in [0.29, 0.717) is 12.4 Å². The standard InChI is InChI=1S/C24H27N7OS2/c1-13-21(23-30-17-12-25-5-4-19(17)34-23)22(31-24(28-13)27-11-14-2-3-14)29-16-8-15(18(32)10-16)9-20-26-6-7-33-20/h4-7,12,14-16,18,32H,2-3,8-11H2,1H3,(H2,27,28,29,31). The fourth-order valence-corrected chi connectivity index (χ4v) is 6.41. The quantitative estimate of drug-likeness (QED) is 0.329. The minimum Gasteiger partial charge on any atom is -0.393 e. The Balaban J connectivity index is 1.30. The molecule has 4 aromatic heterocycles. The van der Waals surface area contributed by atoms with Gasteiger partial charge in [0.15, 0.2) is 0 Å². The Morgan fingerprint density at radius 2 is 2.06 bits per heavy atom. The maximum atomic E-state index is 10.8. The Labute approximate surface area is 206 Å². The van der Waals surface area contributed by atoms with E-state index in [2.05, 4.69) is 20.6 Å². The molecule has 2 fully saturated rings. The Kier molecular flexibility index (Phi) is 5.88. The van der Waals surface area contributed by atoms with Crippen LogP contribution in [0.1, 0.15) is 36.4 Å². The molecule has 0 saturated heterocycles. The van der Waals surface area contributed by atoms with Crippen LogP contribution >= 0.6 is 22.7 Å². The molecule has 0 aromatic carbocycles. The number of hydrogen-bond acceptors (Lipinski definition) is 10. The second-order valence-corrected chi connectivity index (χ2v) is 11.3. The molecule has 4 heterocycles. The van der Waals surface area contributed by atoms with Crippen molar-refractivity contribution in [1.29, 1.82) is 0 Å². The van der Waals surface area contributed by atoms with Crippen molar-refractivity contribution in [3.8, 4) is 10.6 Å². The van der Waals surface area contributed by atoms with Crippen LogP contribution < -0.4 is 10.6 Å². The highest BCUT2D eigenvalue weighted by atomic mass is 32.1. The number of hydrogen-bond donors (Lipinski definition) is 3. The number of aryl methyl sites for hydroxylation is 1. The van der Waals surface area contributed by atoms with Gasteiger partial charge in [0.25, 0.3) is 0 Å². The molecule has 3 atom stereocenters.